The second kappa shape index (κ2) is 3.32. The van der Waals surface area contributed by atoms with Crippen molar-refractivity contribution in [2.45, 2.75) is 19.3 Å². The van der Waals surface area contributed by atoms with E-state index in [2.05, 4.69) is 4.98 Å². The third-order valence-electron chi connectivity index (χ3n) is 2.50. The second-order valence-electron chi connectivity index (χ2n) is 3.57. The Morgan fingerprint density at radius 2 is 2.29 bits per heavy atom. The van der Waals surface area contributed by atoms with E-state index in [1.54, 1.807) is 15.7 Å². The maximum absolute atomic E-state index is 11.6. The van der Waals surface area contributed by atoms with Gasteiger partial charge in [0.25, 0.3) is 0 Å². The molecular weight excluding hydrogens is 180 g/mol. The van der Waals surface area contributed by atoms with Crippen LogP contribution in [0, 0.1) is 0 Å². The topological polar surface area (TPSA) is 64.2 Å². The molecule has 2 rings (SSSR count). The number of nitrogens with zero attached hydrogens (tertiary/aromatic N) is 3. The lowest BCUT2D eigenvalue weighted by atomic mass is 10.1. The minimum absolute atomic E-state index is 0.148. The molecule has 0 spiro atoms. The van der Waals surface area contributed by atoms with Gasteiger partial charge in [-0.05, 0) is 12.8 Å². The summed E-state index contributed by atoms with van der Waals surface area (Å²) in [4.78, 5) is 17.4. The number of amides is 1. The Morgan fingerprint density at radius 3 is 2.86 bits per heavy atom. The highest BCUT2D eigenvalue weighted by atomic mass is 16.2. The van der Waals surface area contributed by atoms with Crippen LogP contribution in [0.5, 0.6) is 0 Å². The van der Waals surface area contributed by atoms with Crippen LogP contribution in [-0.4, -0.2) is 22.0 Å². The Morgan fingerprint density at radius 1 is 1.50 bits per heavy atom. The summed E-state index contributed by atoms with van der Waals surface area (Å²) in [5, 5.41) is 0. The summed E-state index contributed by atoms with van der Waals surface area (Å²) in [5.41, 5.74) is 5.61. The van der Waals surface area contributed by atoms with E-state index in [0.29, 0.717) is 18.2 Å². The van der Waals surface area contributed by atoms with Gasteiger partial charge in [0.2, 0.25) is 11.9 Å². The molecule has 1 saturated heterocycles. The monoisotopic (exact) mass is 194 g/mol. The first-order valence-electron chi connectivity index (χ1n) is 4.77. The highest BCUT2D eigenvalue weighted by Crippen LogP contribution is 2.20. The number of aryl methyl sites for hydroxylation is 1. The molecule has 14 heavy (non-hydrogen) atoms. The summed E-state index contributed by atoms with van der Waals surface area (Å²) in [6.45, 7) is 0.759. The quantitative estimate of drug-likeness (QED) is 0.708. The van der Waals surface area contributed by atoms with Crippen molar-refractivity contribution >= 4 is 17.7 Å². The molecule has 1 aliphatic rings. The summed E-state index contributed by atoms with van der Waals surface area (Å²) in [7, 11) is 1.82. The molecule has 1 aliphatic heterocycles. The highest BCUT2D eigenvalue weighted by Gasteiger charge is 2.21. The fourth-order valence-corrected chi connectivity index (χ4v) is 1.64. The molecule has 0 radical (unpaired) electrons. The molecule has 0 unspecified atom stereocenters. The third kappa shape index (κ3) is 1.45. The molecule has 1 aromatic heterocycles. The number of nitrogen functional groups attached to an aromatic ring is 1. The maximum atomic E-state index is 11.6. The van der Waals surface area contributed by atoms with Gasteiger partial charge in [-0.15, -0.1) is 0 Å². The molecule has 0 aromatic carbocycles. The Kier molecular flexibility index (Phi) is 2.15. The number of rotatable bonds is 1. The second-order valence-corrected chi connectivity index (χ2v) is 3.57. The molecule has 1 aromatic rings. The van der Waals surface area contributed by atoms with Gasteiger partial charge in [0.1, 0.15) is 0 Å². The van der Waals surface area contributed by atoms with Crippen LogP contribution >= 0.6 is 0 Å². The summed E-state index contributed by atoms with van der Waals surface area (Å²) in [6, 6.07) is 0. The van der Waals surface area contributed by atoms with Crippen molar-refractivity contribution in [1.82, 2.24) is 9.55 Å². The number of hydrogen-bond acceptors (Lipinski definition) is 3. The average molecular weight is 194 g/mol. The number of hydrogen-bond donors (Lipinski definition) is 1. The molecule has 1 amide bonds. The minimum Gasteiger partial charge on any atom is -0.369 e. The molecule has 2 heterocycles. The Hall–Kier alpha value is -1.52. The van der Waals surface area contributed by atoms with E-state index < -0.39 is 0 Å². The van der Waals surface area contributed by atoms with E-state index >= 15 is 0 Å². The van der Waals surface area contributed by atoms with Crippen LogP contribution in [0.25, 0.3) is 0 Å². The van der Waals surface area contributed by atoms with Gasteiger partial charge in [-0.3, -0.25) is 9.69 Å². The van der Waals surface area contributed by atoms with E-state index in [9.17, 15) is 4.79 Å². The van der Waals surface area contributed by atoms with Crippen molar-refractivity contribution in [3.63, 3.8) is 0 Å². The van der Waals surface area contributed by atoms with Gasteiger partial charge in [-0.2, -0.15) is 4.98 Å². The van der Waals surface area contributed by atoms with Gasteiger partial charge < -0.3 is 10.3 Å². The molecule has 0 saturated carbocycles. The fraction of sp³-hybridized carbons (Fsp3) is 0.556. The van der Waals surface area contributed by atoms with E-state index in [1.807, 2.05) is 7.05 Å². The van der Waals surface area contributed by atoms with Crippen molar-refractivity contribution in [3.8, 4) is 0 Å². The number of piperidine rings is 1. The summed E-state index contributed by atoms with van der Waals surface area (Å²) in [5.74, 6) is 1.27. The van der Waals surface area contributed by atoms with Gasteiger partial charge >= 0.3 is 0 Å². The molecule has 5 heteroatoms. The van der Waals surface area contributed by atoms with Gasteiger partial charge in [0.05, 0.1) is 0 Å². The fourth-order valence-electron chi connectivity index (χ4n) is 1.64. The van der Waals surface area contributed by atoms with Crippen LogP contribution in [0.1, 0.15) is 19.3 Å². The first-order valence-corrected chi connectivity index (χ1v) is 4.77. The molecule has 1 fully saturated rings. The van der Waals surface area contributed by atoms with Crippen molar-refractivity contribution < 1.29 is 4.79 Å². The van der Waals surface area contributed by atoms with Crippen LogP contribution in [0.4, 0.5) is 11.8 Å². The zero-order valence-corrected chi connectivity index (χ0v) is 8.23. The number of carbonyl (C=O) groups is 1. The number of aromatic nitrogens is 2. The first kappa shape index (κ1) is 9.05. The number of anilines is 2. The smallest absolute Gasteiger partial charge is 0.228 e. The summed E-state index contributed by atoms with van der Waals surface area (Å²) >= 11 is 0. The Bertz CT molecular complexity index is 338. The lowest BCUT2D eigenvalue weighted by Crippen LogP contribution is -2.35. The van der Waals surface area contributed by atoms with Crippen LogP contribution in [0.15, 0.2) is 6.20 Å². The first-order chi connectivity index (χ1) is 6.68. The SMILES string of the molecule is Cn1cc(N2CCCCC2=O)nc1N. The third-order valence-corrected chi connectivity index (χ3v) is 2.50. The van der Waals surface area contributed by atoms with E-state index in [1.165, 1.54) is 0 Å². The van der Waals surface area contributed by atoms with Gasteiger partial charge in [-0.1, -0.05) is 0 Å². The molecule has 0 atom stereocenters. The van der Waals surface area contributed by atoms with Crippen molar-refractivity contribution in [1.29, 1.82) is 0 Å². The highest BCUT2D eigenvalue weighted by molar-refractivity contribution is 5.93. The van der Waals surface area contributed by atoms with Gasteiger partial charge in [0.15, 0.2) is 5.82 Å². The predicted octanol–water partition coefficient (Wildman–Crippen LogP) is 0.519. The van der Waals surface area contributed by atoms with E-state index in [-0.39, 0.29) is 5.91 Å². The molecule has 0 bridgehead atoms. The number of carbonyl (C=O) groups excluding carboxylic acids is 1. The largest absolute Gasteiger partial charge is 0.369 e. The van der Waals surface area contributed by atoms with Gasteiger partial charge in [-0.25, -0.2) is 0 Å². The zero-order valence-electron chi connectivity index (χ0n) is 8.23. The lowest BCUT2D eigenvalue weighted by Gasteiger charge is -2.24. The van der Waals surface area contributed by atoms with Crippen molar-refractivity contribution in [3.05, 3.63) is 6.20 Å². The van der Waals surface area contributed by atoms with Crippen LogP contribution in [0.3, 0.4) is 0 Å². The van der Waals surface area contributed by atoms with Gasteiger partial charge in [0, 0.05) is 26.2 Å². The zero-order chi connectivity index (χ0) is 10.1. The number of nitrogens with two attached hydrogens (primary N) is 1. The average Bonchev–Trinajstić information content (AvgIpc) is 2.48. The molecular formula is C9H14N4O. The number of imidazole rings is 1. The Labute approximate surface area is 82.5 Å². The molecule has 2 N–H and O–H groups in total. The summed E-state index contributed by atoms with van der Waals surface area (Å²) < 4.78 is 1.72. The van der Waals surface area contributed by atoms with Crippen LogP contribution < -0.4 is 10.6 Å². The molecule has 0 aliphatic carbocycles. The molecule has 76 valence electrons. The van der Waals surface area contributed by atoms with E-state index in [0.717, 1.165) is 19.4 Å². The van der Waals surface area contributed by atoms with Crippen molar-refractivity contribution in [2.75, 3.05) is 17.2 Å². The molecule has 5 nitrogen and oxygen atoms in total. The van der Waals surface area contributed by atoms with Crippen LogP contribution in [-0.2, 0) is 11.8 Å². The minimum atomic E-state index is 0.148. The lowest BCUT2D eigenvalue weighted by molar-refractivity contribution is -0.119. The van der Waals surface area contributed by atoms with E-state index in [4.69, 9.17) is 5.73 Å². The normalized spacial score (nSPS) is 17.5. The standard InChI is InChI=1S/C9H14N4O/c1-12-6-7(11-9(12)10)13-5-3-2-4-8(13)14/h6H,2-5H2,1H3,(H2,10,11). The van der Waals surface area contributed by atoms with Crippen LogP contribution in [0.2, 0.25) is 0 Å². The van der Waals surface area contributed by atoms with Crippen molar-refractivity contribution in [2.24, 2.45) is 7.05 Å². The summed E-state index contributed by atoms with van der Waals surface area (Å²) in [6.07, 6.45) is 4.44. The predicted molar refractivity (Wildman–Crippen MR) is 53.8 cm³/mol. The maximum Gasteiger partial charge on any atom is 0.228 e. The Balaban J connectivity index is 2.24.